The van der Waals surface area contributed by atoms with Gasteiger partial charge in [-0.05, 0) is 0 Å². The molecule has 1 aromatic rings. The predicted molar refractivity (Wildman–Crippen MR) is 55.5 cm³/mol. The third-order valence-electron chi connectivity index (χ3n) is 1.46. The maximum absolute atomic E-state index is 11.2. The average molecular weight is 215 g/mol. The van der Waals surface area contributed by atoms with Gasteiger partial charge in [0.1, 0.15) is 0 Å². The van der Waals surface area contributed by atoms with Crippen molar-refractivity contribution in [1.29, 1.82) is 0 Å². The Morgan fingerprint density at radius 3 is 3.21 bits per heavy atom. The van der Waals surface area contributed by atoms with Gasteiger partial charge in [-0.15, -0.1) is 11.3 Å². The molecule has 0 spiro atoms. The summed E-state index contributed by atoms with van der Waals surface area (Å²) in [5, 5.41) is 8.21. The number of thiazole rings is 1. The number of ether oxygens (including phenoxy) is 1. The molecule has 14 heavy (non-hydrogen) atoms. The quantitative estimate of drug-likeness (QED) is 0.671. The Bertz CT molecular complexity index is 264. The molecule has 0 aromatic carbocycles. The summed E-state index contributed by atoms with van der Waals surface area (Å²) in [7, 11) is 1.60. The predicted octanol–water partition coefficient (Wildman–Crippen LogP) is 0.318. The summed E-state index contributed by atoms with van der Waals surface area (Å²) in [5.74, 6) is -0.0581. The smallest absolute Gasteiger partial charge is 0.239 e. The number of amides is 1. The largest absolute Gasteiger partial charge is 0.383 e. The van der Waals surface area contributed by atoms with Gasteiger partial charge in [-0.3, -0.25) is 4.79 Å². The van der Waals surface area contributed by atoms with Gasteiger partial charge in [-0.2, -0.15) is 0 Å². The van der Waals surface area contributed by atoms with E-state index in [4.69, 9.17) is 4.74 Å². The first-order valence-electron chi connectivity index (χ1n) is 4.22. The summed E-state index contributed by atoms with van der Waals surface area (Å²) < 4.78 is 4.80. The standard InChI is InChI=1S/C8H13N3O2S/c1-13-4-2-9-7(12)6-11-8-10-3-5-14-8/h3,5H,2,4,6H2,1H3,(H,9,12)(H,10,11). The first-order valence-corrected chi connectivity index (χ1v) is 5.10. The summed E-state index contributed by atoms with van der Waals surface area (Å²) in [4.78, 5) is 15.1. The van der Waals surface area contributed by atoms with Gasteiger partial charge >= 0.3 is 0 Å². The average Bonchev–Trinajstić information content (AvgIpc) is 2.68. The maximum Gasteiger partial charge on any atom is 0.239 e. The lowest BCUT2D eigenvalue weighted by molar-refractivity contribution is -0.119. The maximum atomic E-state index is 11.2. The lowest BCUT2D eigenvalue weighted by Crippen LogP contribution is -2.32. The van der Waals surface area contributed by atoms with E-state index in [9.17, 15) is 4.79 Å². The number of anilines is 1. The number of nitrogens with one attached hydrogen (secondary N) is 2. The van der Waals surface area contributed by atoms with E-state index in [-0.39, 0.29) is 12.5 Å². The topological polar surface area (TPSA) is 63.2 Å². The number of carbonyl (C=O) groups is 1. The normalized spacial score (nSPS) is 9.79. The fourth-order valence-corrected chi connectivity index (χ4v) is 1.35. The third-order valence-corrected chi connectivity index (χ3v) is 2.19. The molecule has 0 unspecified atom stereocenters. The van der Waals surface area contributed by atoms with Gasteiger partial charge < -0.3 is 15.4 Å². The zero-order chi connectivity index (χ0) is 10.2. The van der Waals surface area contributed by atoms with Crippen LogP contribution in [0.2, 0.25) is 0 Å². The number of methoxy groups -OCH3 is 1. The molecule has 0 saturated heterocycles. The third kappa shape index (κ3) is 4.20. The van der Waals surface area contributed by atoms with Crippen LogP contribution in [0.4, 0.5) is 5.13 Å². The molecule has 0 aliphatic carbocycles. The zero-order valence-corrected chi connectivity index (χ0v) is 8.76. The molecule has 0 radical (unpaired) electrons. The van der Waals surface area contributed by atoms with E-state index >= 15 is 0 Å². The van der Waals surface area contributed by atoms with Crippen LogP contribution in [-0.2, 0) is 9.53 Å². The minimum Gasteiger partial charge on any atom is -0.383 e. The van der Waals surface area contributed by atoms with Crippen LogP contribution in [0.25, 0.3) is 0 Å². The number of carbonyl (C=O) groups excluding carboxylic acids is 1. The van der Waals surface area contributed by atoms with Gasteiger partial charge in [0.2, 0.25) is 5.91 Å². The molecule has 1 heterocycles. The van der Waals surface area contributed by atoms with Gasteiger partial charge in [0.15, 0.2) is 5.13 Å². The second-order valence-corrected chi connectivity index (χ2v) is 3.43. The van der Waals surface area contributed by atoms with Crippen LogP contribution in [0.3, 0.4) is 0 Å². The van der Waals surface area contributed by atoms with Crippen LogP contribution in [-0.4, -0.2) is 37.7 Å². The minimum absolute atomic E-state index is 0.0581. The van der Waals surface area contributed by atoms with E-state index in [1.165, 1.54) is 11.3 Å². The Morgan fingerprint density at radius 2 is 2.57 bits per heavy atom. The van der Waals surface area contributed by atoms with E-state index in [2.05, 4.69) is 15.6 Å². The highest BCUT2D eigenvalue weighted by atomic mass is 32.1. The van der Waals surface area contributed by atoms with Crippen molar-refractivity contribution in [2.45, 2.75) is 0 Å². The molecule has 5 nitrogen and oxygen atoms in total. The Hall–Kier alpha value is -1.14. The van der Waals surface area contributed by atoms with Crippen molar-refractivity contribution in [2.75, 3.05) is 32.1 Å². The molecular weight excluding hydrogens is 202 g/mol. The number of hydrogen-bond donors (Lipinski definition) is 2. The van der Waals surface area contributed by atoms with Gasteiger partial charge in [0.25, 0.3) is 0 Å². The van der Waals surface area contributed by atoms with Crippen molar-refractivity contribution in [1.82, 2.24) is 10.3 Å². The molecule has 0 aliphatic heterocycles. The lowest BCUT2D eigenvalue weighted by Gasteiger charge is -2.04. The molecule has 1 amide bonds. The van der Waals surface area contributed by atoms with Crippen molar-refractivity contribution in [2.24, 2.45) is 0 Å². The van der Waals surface area contributed by atoms with Crippen LogP contribution in [0.15, 0.2) is 11.6 Å². The van der Waals surface area contributed by atoms with Gasteiger partial charge in [-0.1, -0.05) is 0 Å². The Labute approximate surface area is 86.5 Å². The fraction of sp³-hybridized carbons (Fsp3) is 0.500. The summed E-state index contributed by atoms with van der Waals surface area (Å²) in [6.07, 6.45) is 1.69. The first-order chi connectivity index (χ1) is 6.83. The molecule has 1 rings (SSSR count). The van der Waals surface area contributed by atoms with Crippen molar-refractivity contribution in [3.05, 3.63) is 11.6 Å². The molecule has 0 fully saturated rings. The summed E-state index contributed by atoms with van der Waals surface area (Å²) in [5.41, 5.74) is 0. The van der Waals surface area contributed by atoms with E-state index in [0.29, 0.717) is 13.2 Å². The highest BCUT2D eigenvalue weighted by molar-refractivity contribution is 7.13. The van der Waals surface area contributed by atoms with Gasteiger partial charge in [0, 0.05) is 25.2 Å². The minimum atomic E-state index is -0.0581. The number of hydrogen-bond acceptors (Lipinski definition) is 5. The number of nitrogens with zero attached hydrogens (tertiary/aromatic N) is 1. The Balaban J connectivity index is 2.09. The molecule has 0 saturated carbocycles. The summed E-state index contributed by atoms with van der Waals surface area (Å²) in [6, 6.07) is 0. The first kappa shape index (κ1) is 10.9. The molecule has 2 N–H and O–H groups in total. The molecule has 0 aliphatic rings. The van der Waals surface area contributed by atoms with Crippen molar-refractivity contribution >= 4 is 22.4 Å². The van der Waals surface area contributed by atoms with Crippen LogP contribution >= 0.6 is 11.3 Å². The number of rotatable bonds is 6. The van der Waals surface area contributed by atoms with E-state index in [1.54, 1.807) is 13.3 Å². The SMILES string of the molecule is COCCNC(=O)CNc1nccs1. The van der Waals surface area contributed by atoms with E-state index in [1.807, 2.05) is 5.38 Å². The second-order valence-electron chi connectivity index (χ2n) is 2.53. The van der Waals surface area contributed by atoms with E-state index < -0.39 is 0 Å². The highest BCUT2D eigenvalue weighted by Crippen LogP contribution is 2.08. The second kappa shape index (κ2) is 6.33. The van der Waals surface area contributed by atoms with Crippen LogP contribution in [0, 0.1) is 0 Å². The van der Waals surface area contributed by atoms with Crippen molar-refractivity contribution in [3.8, 4) is 0 Å². The molecule has 6 heteroatoms. The van der Waals surface area contributed by atoms with Crippen LogP contribution < -0.4 is 10.6 Å². The molecule has 1 aromatic heterocycles. The monoisotopic (exact) mass is 215 g/mol. The van der Waals surface area contributed by atoms with Crippen molar-refractivity contribution < 1.29 is 9.53 Å². The van der Waals surface area contributed by atoms with Crippen LogP contribution in [0.1, 0.15) is 0 Å². The van der Waals surface area contributed by atoms with Gasteiger partial charge in [0.05, 0.1) is 13.2 Å². The Morgan fingerprint density at radius 1 is 1.71 bits per heavy atom. The van der Waals surface area contributed by atoms with E-state index in [0.717, 1.165) is 5.13 Å². The zero-order valence-electron chi connectivity index (χ0n) is 7.95. The summed E-state index contributed by atoms with van der Waals surface area (Å²) in [6.45, 7) is 1.31. The van der Waals surface area contributed by atoms with Gasteiger partial charge in [-0.25, -0.2) is 4.98 Å². The van der Waals surface area contributed by atoms with Crippen molar-refractivity contribution in [3.63, 3.8) is 0 Å². The molecule has 0 atom stereocenters. The summed E-state index contributed by atoms with van der Waals surface area (Å²) >= 11 is 1.47. The molecule has 78 valence electrons. The van der Waals surface area contributed by atoms with Crippen LogP contribution in [0.5, 0.6) is 0 Å². The molecular formula is C8H13N3O2S. The fourth-order valence-electron chi connectivity index (χ4n) is 0.822. The molecule has 0 bridgehead atoms. The Kier molecular flexibility index (Phi) is 4.95. The number of aromatic nitrogens is 1. The highest BCUT2D eigenvalue weighted by Gasteiger charge is 2.00. The lowest BCUT2D eigenvalue weighted by atomic mass is 10.5.